The van der Waals surface area contributed by atoms with Crippen molar-refractivity contribution in [3.05, 3.63) is 0 Å². The van der Waals surface area contributed by atoms with Crippen molar-refractivity contribution in [3.63, 3.8) is 0 Å². The van der Waals surface area contributed by atoms with E-state index in [0.29, 0.717) is 0 Å². The molecule has 12 nitrogen and oxygen atoms in total. The zero-order chi connectivity index (χ0) is 21.2. The highest BCUT2D eigenvalue weighted by atomic mass is 32.1. The van der Waals surface area contributed by atoms with Crippen LogP contribution in [0.3, 0.4) is 0 Å². The lowest BCUT2D eigenvalue weighted by Crippen LogP contribution is -2.64. The molecule has 0 saturated carbocycles. The van der Waals surface area contributed by atoms with Crippen molar-refractivity contribution in [2.24, 2.45) is 11.7 Å². The molecule has 2 rings (SSSR count). The van der Waals surface area contributed by atoms with E-state index in [1.165, 1.54) is 7.11 Å². The highest BCUT2D eigenvalue weighted by Gasteiger charge is 2.51. The van der Waals surface area contributed by atoms with E-state index in [4.69, 9.17) is 24.7 Å². The van der Waals surface area contributed by atoms with Crippen LogP contribution in [0, 0.1) is 5.92 Å². The lowest BCUT2D eigenvalue weighted by atomic mass is 9.88. The van der Waals surface area contributed by atoms with E-state index < -0.39 is 79.2 Å². The topological polar surface area (TPSA) is 201 Å². The van der Waals surface area contributed by atoms with E-state index in [0.717, 1.165) is 0 Å². The zero-order valence-electron chi connectivity index (χ0n) is 15.0. The fourth-order valence-electron chi connectivity index (χ4n) is 3.36. The van der Waals surface area contributed by atoms with Gasteiger partial charge in [-0.3, -0.25) is 4.79 Å². The molecule has 2 heterocycles. The van der Waals surface area contributed by atoms with Crippen LogP contribution in [-0.4, -0.2) is 111 Å². The molecule has 0 aromatic heterocycles. The minimum Gasteiger partial charge on any atom is -0.394 e. The van der Waals surface area contributed by atoms with Crippen molar-refractivity contribution >= 4 is 18.5 Å². The lowest BCUT2D eigenvalue weighted by molar-refractivity contribution is -0.353. The number of aliphatic hydroxyl groups is 6. The van der Waals surface area contributed by atoms with E-state index in [-0.39, 0.29) is 6.42 Å². The summed E-state index contributed by atoms with van der Waals surface area (Å²) >= 11 is 3.75. The van der Waals surface area contributed by atoms with Gasteiger partial charge < -0.3 is 55.3 Å². The van der Waals surface area contributed by atoms with E-state index in [1.807, 2.05) is 0 Å². The minimum absolute atomic E-state index is 0.314. The van der Waals surface area contributed by atoms with Crippen LogP contribution in [0.2, 0.25) is 0 Å². The molecule has 28 heavy (non-hydrogen) atoms. The van der Waals surface area contributed by atoms with Gasteiger partial charge in [0.2, 0.25) is 5.91 Å². The Morgan fingerprint density at radius 3 is 2.25 bits per heavy atom. The van der Waals surface area contributed by atoms with Gasteiger partial charge in [0.05, 0.1) is 12.7 Å². The molecule has 8 N–H and O–H groups in total. The number of ether oxygens (including phenoxy) is 4. The van der Waals surface area contributed by atoms with Crippen LogP contribution in [0.4, 0.5) is 0 Å². The van der Waals surface area contributed by atoms with Crippen molar-refractivity contribution in [1.82, 2.24) is 0 Å². The molecule has 2 saturated heterocycles. The monoisotopic (exact) mass is 429 g/mol. The quantitative estimate of drug-likeness (QED) is 0.144. The first-order valence-electron chi connectivity index (χ1n) is 8.59. The van der Waals surface area contributed by atoms with Gasteiger partial charge in [-0.2, -0.15) is 0 Å². The van der Waals surface area contributed by atoms with E-state index in [2.05, 4.69) is 12.6 Å². The number of aliphatic hydroxyl groups excluding tert-OH is 6. The van der Waals surface area contributed by atoms with Crippen LogP contribution in [0.15, 0.2) is 0 Å². The number of nitrogens with two attached hydrogens (primary N) is 1. The van der Waals surface area contributed by atoms with Crippen molar-refractivity contribution in [1.29, 1.82) is 0 Å². The number of carbonyl (C=O) groups excluding carboxylic acids is 1. The highest BCUT2D eigenvalue weighted by molar-refractivity contribution is 7.80. The molecule has 0 bridgehead atoms. The van der Waals surface area contributed by atoms with Gasteiger partial charge in [0, 0.05) is 19.4 Å². The third-order valence-electron chi connectivity index (χ3n) is 4.84. The molecule has 13 heteroatoms. The fourth-order valence-corrected chi connectivity index (χ4v) is 3.60. The van der Waals surface area contributed by atoms with Gasteiger partial charge >= 0.3 is 0 Å². The Kier molecular flexibility index (Phi) is 8.42. The second-order valence-electron chi connectivity index (χ2n) is 6.74. The molecule has 0 aromatic rings. The van der Waals surface area contributed by atoms with Crippen LogP contribution in [-0.2, 0) is 23.7 Å². The summed E-state index contributed by atoms with van der Waals surface area (Å²) in [6.45, 7) is -0.614. The van der Waals surface area contributed by atoms with Crippen LogP contribution in [0.1, 0.15) is 6.42 Å². The maximum atomic E-state index is 11.3. The van der Waals surface area contributed by atoms with Crippen molar-refractivity contribution in [2.45, 2.75) is 67.2 Å². The third-order valence-corrected chi connectivity index (χ3v) is 5.13. The Hall–Kier alpha value is -0.580. The largest absolute Gasteiger partial charge is 0.394 e. The summed E-state index contributed by atoms with van der Waals surface area (Å²) in [7, 11) is 1.28. The predicted octanol–water partition coefficient (Wildman–Crippen LogP) is -4.36. The maximum absolute atomic E-state index is 11.3. The number of thiol groups is 1. The average Bonchev–Trinajstić information content (AvgIpc) is 2.64. The first kappa shape index (κ1) is 23.7. The van der Waals surface area contributed by atoms with Gasteiger partial charge in [-0.25, -0.2) is 0 Å². The molecular weight excluding hydrogens is 402 g/mol. The summed E-state index contributed by atoms with van der Waals surface area (Å²) < 4.78 is 21.4. The van der Waals surface area contributed by atoms with E-state index in [9.17, 15) is 35.4 Å². The summed E-state index contributed by atoms with van der Waals surface area (Å²) in [5.74, 6) is -1.68. The number of methoxy groups -OCH3 is 1. The van der Waals surface area contributed by atoms with E-state index >= 15 is 0 Å². The minimum atomic E-state index is -1.75. The second-order valence-corrected chi connectivity index (χ2v) is 7.27. The molecular formula is C15H27NO11S. The van der Waals surface area contributed by atoms with Crippen LogP contribution >= 0.6 is 12.6 Å². The Balaban J connectivity index is 2.21. The van der Waals surface area contributed by atoms with Crippen LogP contribution < -0.4 is 5.73 Å². The van der Waals surface area contributed by atoms with Crippen LogP contribution in [0.25, 0.3) is 0 Å². The molecule has 11 atom stereocenters. The Morgan fingerprint density at radius 2 is 1.75 bits per heavy atom. The molecule has 0 radical (unpaired) electrons. The van der Waals surface area contributed by atoms with Crippen LogP contribution in [0.5, 0.6) is 0 Å². The van der Waals surface area contributed by atoms with Crippen molar-refractivity contribution in [3.8, 4) is 0 Å². The standard InChI is InChI=1S/C15H27NO11S/c1-24-14-4(2-6(16)18)7(19)11(5(3-17)25-14)26-15-10(22)8(20)9(21)12(27-15)13(23)28/h4-5,7-15,17,19-23,28H,2-3H2,1H3,(H2,16,18)/t4-,5+,7+,8-,9+,10+,11+,12-,13?,14-,15+/m0/s1. The first-order chi connectivity index (χ1) is 13.1. The number of rotatable bonds is 7. The molecule has 0 aromatic carbocycles. The summed E-state index contributed by atoms with van der Waals surface area (Å²) in [4.78, 5) is 11.3. The molecule has 2 aliphatic heterocycles. The molecule has 2 aliphatic rings. The van der Waals surface area contributed by atoms with Crippen molar-refractivity contribution in [2.75, 3.05) is 13.7 Å². The molecule has 0 aliphatic carbocycles. The maximum Gasteiger partial charge on any atom is 0.217 e. The summed E-state index contributed by atoms with van der Waals surface area (Å²) in [6.07, 6.45) is -13.4. The predicted molar refractivity (Wildman–Crippen MR) is 92.6 cm³/mol. The highest BCUT2D eigenvalue weighted by Crippen LogP contribution is 2.34. The number of primary amides is 1. The summed E-state index contributed by atoms with van der Waals surface area (Å²) in [6, 6.07) is 0. The summed E-state index contributed by atoms with van der Waals surface area (Å²) in [5, 5.41) is 59.8. The smallest absolute Gasteiger partial charge is 0.217 e. The van der Waals surface area contributed by atoms with Gasteiger partial charge in [-0.15, -0.1) is 12.6 Å². The third kappa shape index (κ3) is 4.94. The zero-order valence-corrected chi connectivity index (χ0v) is 15.9. The van der Waals surface area contributed by atoms with Gasteiger partial charge in [0.1, 0.15) is 42.1 Å². The summed E-state index contributed by atoms with van der Waals surface area (Å²) in [5.41, 5.74) is 3.68. The lowest BCUT2D eigenvalue weighted by Gasteiger charge is -2.47. The average molecular weight is 429 g/mol. The van der Waals surface area contributed by atoms with Gasteiger partial charge in [0.15, 0.2) is 12.6 Å². The Labute approximate surface area is 166 Å². The van der Waals surface area contributed by atoms with E-state index in [1.54, 1.807) is 0 Å². The molecule has 1 unspecified atom stereocenters. The van der Waals surface area contributed by atoms with Crippen molar-refractivity contribution < 1.29 is 54.4 Å². The van der Waals surface area contributed by atoms with Gasteiger partial charge in [-0.05, 0) is 0 Å². The van der Waals surface area contributed by atoms with Gasteiger partial charge in [0.25, 0.3) is 0 Å². The number of amides is 1. The van der Waals surface area contributed by atoms with Gasteiger partial charge in [-0.1, -0.05) is 0 Å². The molecule has 2 fully saturated rings. The molecule has 1 amide bonds. The first-order valence-corrected chi connectivity index (χ1v) is 9.10. The SMILES string of the molecule is CO[C@H]1O[C@H](CO)[C@@H](O[C@@H]2O[C@H](C(O)S)[C@H](O)[C@H](O)[C@H]2O)[C@H](O)[C@@H]1CC(N)=O. The number of hydrogen-bond donors (Lipinski definition) is 8. The number of carbonyl (C=O) groups is 1. The normalized spacial score (nSPS) is 45.6. The molecule has 0 spiro atoms. The molecule has 164 valence electrons. The Bertz CT molecular complexity index is 526. The number of hydrogen-bond acceptors (Lipinski definition) is 12. The fraction of sp³-hybridized carbons (Fsp3) is 0.933. The second kappa shape index (κ2) is 9.95. The Morgan fingerprint density at radius 1 is 1.11 bits per heavy atom.